The number of aryl methyl sites for hydroxylation is 1. The van der Waals surface area contributed by atoms with Crippen LogP contribution in [0.15, 0.2) is 40.9 Å². The molecule has 0 atom stereocenters. The summed E-state index contributed by atoms with van der Waals surface area (Å²) in [5.74, 6) is 0.600. The molecule has 0 saturated carbocycles. The Morgan fingerprint density at radius 3 is 2.67 bits per heavy atom. The van der Waals surface area contributed by atoms with E-state index in [1.165, 1.54) is 24.6 Å². The van der Waals surface area contributed by atoms with Crippen LogP contribution in [0.5, 0.6) is 5.75 Å². The lowest BCUT2D eigenvalue weighted by Gasteiger charge is -2.11. The Hall–Kier alpha value is -3.35. The molecule has 0 saturated heterocycles. The monoisotopic (exact) mass is 468 g/mol. The smallest absolute Gasteiger partial charge is 0.313 e. The second kappa shape index (κ2) is 12.6. The van der Waals surface area contributed by atoms with E-state index in [9.17, 15) is 10.1 Å². The second-order valence-electron chi connectivity index (χ2n) is 7.26. The number of nitrogens with zero attached hydrogens (tertiary/aromatic N) is 3. The number of carboxylic acid groups (broad SMARTS) is 1. The van der Waals surface area contributed by atoms with E-state index in [0.29, 0.717) is 28.6 Å². The third-order valence-electron chi connectivity index (χ3n) is 4.66. The van der Waals surface area contributed by atoms with Crippen LogP contribution in [0.2, 0.25) is 0 Å². The van der Waals surface area contributed by atoms with Gasteiger partial charge >= 0.3 is 5.97 Å². The van der Waals surface area contributed by atoms with Crippen LogP contribution in [0, 0.1) is 11.3 Å². The summed E-state index contributed by atoms with van der Waals surface area (Å²) in [6, 6.07) is 13.8. The summed E-state index contributed by atoms with van der Waals surface area (Å²) in [5.41, 5.74) is 9.39. The molecule has 33 heavy (non-hydrogen) atoms. The van der Waals surface area contributed by atoms with Crippen molar-refractivity contribution in [2.24, 2.45) is 5.73 Å². The van der Waals surface area contributed by atoms with Crippen molar-refractivity contribution in [3.8, 4) is 34.7 Å². The summed E-state index contributed by atoms with van der Waals surface area (Å²) in [7, 11) is 1.50. The normalized spacial score (nSPS) is 11.4. The summed E-state index contributed by atoms with van der Waals surface area (Å²) in [6.45, 7) is 3.86. The van der Waals surface area contributed by atoms with Crippen molar-refractivity contribution in [1.29, 1.82) is 5.26 Å². The van der Waals surface area contributed by atoms with Crippen molar-refractivity contribution in [2.45, 2.75) is 39.2 Å². The SMILES string of the molecule is CC(C)Oc1ccc(-c2nc(-c3cccc4c3CCC4)no2)cc1C#N.CN.O=C(O)CS. The van der Waals surface area contributed by atoms with Crippen molar-refractivity contribution in [1.82, 2.24) is 10.1 Å². The van der Waals surface area contributed by atoms with Crippen LogP contribution in [-0.2, 0) is 17.6 Å². The number of benzene rings is 2. The number of nitriles is 1. The minimum absolute atomic E-state index is 0.00290. The van der Waals surface area contributed by atoms with Gasteiger partial charge in [-0.15, -0.1) is 0 Å². The number of fused-ring (bicyclic) bond motifs is 1. The standard InChI is InChI=1S/C21H19N3O2.C2H4O2S.CH5N/c1-13(2)25-19-10-9-15(11-16(19)12-22)21-23-20(24-26-21)18-8-4-6-14-5-3-7-17(14)18;3-2(4)1-5;1-2/h4,6,8-11,13H,3,5,7H2,1-2H3;5H,1H2,(H,3,4);2H2,1H3. The van der Waals surface area contributed by atoms with E-state index in [-0.39, 0.29) is 11.9 Å². The van der Waals surface area contributed by atoms with E-state index in [1.54, 1.807) is 12.1 Å². The number of aliphatic carboxylic acids is 1. The summed E-state index contributed by atoms with van der Waals surface area (Å²) < 4.78 is 11.1. The second-order valence-corrected chi connectivity index (χ2v) is 7.58. The van der Waals surface area contributed by atoms with E-state index in [1.807, 2.05) is 32.0 Å². The van der Waals surface area contributed by atoms with Gasteiger partial charge in [0.2, 0.25) is 5.82 Å². The average Bonchev–Trinajstić information content (AvgIpc) is 3.50. The molecule has 1 heterocycles. The molecule has 0 bridgehead atoms. The molecule has 9 heteroatoms. The largest absolute Gasteiger partial charge is 0.490 e. The van der Waals surface area contributed by atoms with E-state index >= 15 is 0 Å². The number of hydrogen-bond acceptors (Lipinski definition) is 8. The third-order valence-corrected chi connectivity index (χ3v) is 4.93. The molecule has 8 nitrogen and oxygen atoms in total. The molecule has 3 aromatic rings. The maximum Gasteiger partial charge on any atom is 0.313 e. The van der Waals surface area contributed by atoms with Gasteiger partial charge in [-0.05, 0) is 69.5 Å². The Morgan fingerprint density at radius 2 is 2.03 bits per heavy atom. The number of ether oxygens (including phenoxy) is 1. The van der Waals surface area contributed by atoms with Gasteiger partial charge in [-0.2, -0.15) is 22.9 Å². The van der Waals surface area contributed by atoms with Gasteiger partial charge in [0.1, 0.15) is 11.8 Å². The van der Waals surface area contributed by atoms with E-state index in [2.05, 4.69) is 40.6 Å². The van der Waals surface area contributed by atoms with E-state index < -0.39 is 5.97 Å². The van der Waals surface area contributed by atoms with Gasteiger partial charge < -0.3 is 20.1 Å². The quantitative estimate of drug-likeness (QED) is 0.476. The molecule has 3 N–H and O–H groups in total. The van der Waals surface area contributed by atoms with E-state index in [4.69, 9.17) is 14.4 Å². The molecule has 4 rings (SSSR count). The molecule has 0 aliphatic heterocycles. The molecule has 0 fully saturated rings. The van der Waals surface area contributed by atoms with Crippen LogP contribution in [0.4, 0.5) is 0 Å². The van der Waals surface area contributed by atoms with Crippen LogP contribution in [-0.4, -0.2) is 40.1 Å². The molecule has 0 amide bonds. The number of rotatable bonds is 5. The Kier molecular flexibility index (Phi) is 9.91. The summed E-state index contributed by atoms with van der Waals surface area (Å²) in [6.07, 6.45) is 3.33. The number of hydrogen-bond donors (Lipinski definition) is 3. The first kappa shape index (κ1) is 25.9. The highest BCUT2D eigenvalue weighted by Crippen LogP contribution is 2.32. The molecule has 2 aromatic carbocycles. The lowest BCUT2D eigenvalue weighted by Crippen LogP contribution is -2.06. The fourth-order valence-electron chi connectivity index (χ4n) is 3.39. The Balaban J connectivity index is 0.000000489. The highest BCUT2D eigenvalue weighted by atomic mass is 32.1. The number of carboxylic acids is 1. The Morgan fingerprint density at radius 1 is 1.30 bits per heavy atom. The van der Waals surface area contributed by atoms with Gasteiger partial charge in [-0.1, -0.05) is 23.4 Å². The molecular weight excluding hydrogens is 440 g/mol. The van der Waals surface area contributed by atoms with Crippen LogP contribution in [0.3, 0.4) is 0 Å². The van der Waals surface area contributed by atoms with Crippen LogP contribution >= 0.6 is 12.6 Å². The molecule has 1 aromatic heterocycles. The molecule has 0 unspecified atom stereocenters. The first-order valence-corrected chi connectivity index (χ1v) is 11.1. The Bertz CT molecular complexity index is 1120. The number of carbonyl (C=O) groups is 1. The molecule has 1 aliphatic rings. The minimum Gasteiger partial charge on any atom is -0.490 e. The highest BCUT2D eigenvalue weighted by molar-refractivity contribution is 7.81. The van der Waals surface area contributed by atoms with Crippen molar-refractivity contribution >= 4 is 18.6 Å². The van der Waals surface area contributed by atoms with Crippen LogP contribution in [0.25, 0.3) is 22.8 Å². The average molecular weight is 469 g/mol. The first-order valence-electron chi connectivity index (χ1n) is 10.5. The third kappa shape index (κ3) is 6.81. The fraction of sp³-hybridized carbons (Fsp3) is 0.333. The predicted octanol–water partition coefficient (Wildman–Crippen LogP) is 4.13. The zero-order valence-electron chi connectivity index (χ0n) is 18.9. The molecule has 0 spiro atoms. The lowest BCUT2D eigenvalue weighted by atomic mass is 10.0. The zero-order valence-corrected chi connectivity index (χ0v) is 19.8. The number of nitrogens with two attached hydrogens (primary N) is 1. The summed E-state index contributed by atoms with van der Waals surface area (Å²) >= 11 is 3.42. The van der Waals surface area contributed by atoms with Gasteiger partial charge in [-0.3, -0.25) is 4.79 Å². The minimum atomic E-state index is -0.881. The van der Waals surface area contributed by atoms with Crippen molar-refractivity contribution in [2.75, 3.05) is 12.8 Å². The van der Waals surface area contributed by atoms with E-state index in [0.717, 1.165) is 18.4 Å². The summed E-state index contributed by atoms with van der Waals surface area (Å²) in [5, 5.41) is 21.2. The fourth-order valence-corrected chi connectivity index (χ4v) is 3.39. The number of thiol groups is 1. The first-order chi connectivity index (χ1) is 15.9. The van der Waals surface area contributed by atoms with Crippen molar-refractivity contribution in [3.63, 3.8) is 0 Å². The van der Waals surface area contributed by atoms with Gasteiger partial charge in [-0.25, -0.2) is 0 Å². The van der Waals surface area contributed by atoms with Gasteiger partial charge in [0.05, 0.1) is 17.4 Å². The van der Waals surface area contributed by atoms with Crippen molar-refractivity contribution in [3.05, 3.63) is 53.1 Å². The highest BCUT2D eigenvalue weighted by Gasteiger charge is 2.20. The molecule has 0 radical (unpaired) electrons. The predicted molar refractivity (Wildman–Crippen MR) is 129 cm³/mol. The van der Waals surface area contributed by atoms with Crippen LogP contribution in [0.1, 0.15) is 37.0 Å². The summed E-state index contributed by atoms with van der Waals surface area (Å²) in [4.78, 5) is 13.9. The molecule has 174 valence electrons. The molecule has 1 aliphatic carbocycles. The topological polar surface area (TPSA) is 135 Å². The van der Waals surface area contributed by atoms with Gasteiger partial charge in [0.25, 0.3) is 5.89 Å². The zero-order chi connectivity index (χ0) is 24.4. The lowest BCUT2D eigenvalue weighted by molar-refractivity contribution is -0.133. The molecular formula is C24H28N4O4S. The maximum atomic E-state index is 9.40. The van der Waals surface area contributed by atoms with Crippen molar-refractivity contribution < 1.29 is 19.2 Å². The van der Waals surface area contributed by atoms with Crippen LogP contribution < -0.4 is 10.5 Å². The van der Waals surface area contributed by atoms with Gasteiger partial charge in [0.15, 0.2) is 0 Å². The maximum absolute atomic E-state index is 9.40. The van der Waals surface area contributed by atoms with Gasteiger partial charge in [0, 0.05) is 11.1 Å². The Labute approximate surface area is 198 Å². The number of aromatic nitrogens is 2.